The van der Waals surface area contributed by atoms with E-state index in [0.29, 0.717) is 6.42 Å². The summed E-state index contributed by atoms with van der Waals surface area (Å²) in [4.78, 5) is 22.4. The molecule has 0 saturated carbocycles. The highest BCUT2D eigenvalue weighted by Gasteiger charge is 2.17. The molecular weight excluding hydrogens is 230 g/mol. The molecule has 1 aromatic carbocycles. The van der Waals surface area contributed by atoms with E-state index in [1.807, 2.05) is 30.3 Å². The summed E-state index contributed by atoms with van der Waals surface area (Å²) in [6.45, 7) is 3.47. The lowest BCUT2D eigenvalue weighted by atomic mass is 10.1. The molecule has 4 nitrogen and oxygen atoms in total. The highest BCUT2D eigenvalue weighted by atomic mass is 16.4. The van der Waals surface area contributed by atoms with Gasteiger partial charge in [-0.3, -0.25) is 4.79 Å². The Bertz CT molecular complexity index is 414. The second-order valence-electron chi connectivity index (χ2n) is 3.97. The first-order chi connectivity index (χ1) is 8.63. The number of hydrogen-bond donors (Lipinski definition) is 2. The van der Waals surface area contributed by atoms with Gasteiger partial charge in [-0.25, -0.2) is 4.79 Å². The maximum Gasteiger partial charge on any atom is 0.326 e. The first-order valence-electron chi connectivity index (χ1n) is 5.80. The number of nitrogens with one attached hydrogen (secondary N) is 1. The van der Waals surface area contributed by atoms with Crippen molar-refractivity contribution in [2.24, 2.45) is 0 Å². The van der Waals surface area contributed by atoms with Gasteiger partial charge in [-0.1, -0.05) is 36.4 Å². The number of aliphatic carboxylic acids is 1. The van der Waals surface area contributed by atoms with Gasteiger partial charge in [0.2, 0.25) is 5.91 Å². The molecule has 1 unspecified atom stereocenters. The molecule has 0 saturated heterocycles. The Morgan fingerprint density at radius 1 is 1.33 bits per heavy atom. The molecule has 96 valence electrons. The molecule has 1 amide bonds. The van der Waals surface area contributed by atoms with E-state index in [0.717, 1.165) is 5.56 Å². The first kappa shape index (κ1) is 14.0. The van der Waals surface area contributed by atoms with Gasteiger partial charge < -0.3 is 10.4 Å². The van der Waals surface area contributed by atoms with Crippen LogP contribution in [-0.4, -0.2) is 23.0 Å². The summed E-state index contributed by atoms with van der Waals surface area (Å²) in [6, 6.07) is 8.72. The molecule has 1 rings (SSSR count). The second-order valence-corrected chi connectivity index (χ2v) is 3.97. The topological polar surface area (TPSA) is 66.4 Å². The van der Waals surface area contributed by atoms with Crippen LogP contribution in [0.2, 0.25) is 0 Å². The van der Waals surface area contributed by atoms with Gasteiger partial charge in [0.1, 0.15) is 6.04 Å². The van der Waals surface area contributed by atoms with Crippen molar-refractivity contribution in [3.63, 3.8) is 0 Å². The summed E-state index contributed by atoms with van der Waals surface area (Å²) in [5.41, 5.74) is 1.06. The van der Waals surface area contributed by atoms with E-state index >= 15 is 0 Å². The van der Waals surface area contributed by atoms with Crippen LogP contribution in [0.15, 0.2) is 43.0 Å². The fourth-order valence-electron chi connectivity index (χ4n) is 1.56. The summed E-state index contributed by atoms with van der Waals surface area (Å²) < 4.78 is 0. The predicted octanol–water partition coefficient (Wildman–Crippen LogP) is 1.76. The van der Waals surface area contributed by atoms with E-state index in [1.165, 1.54) is 6.08 Å². The molecule has 18 heavy (non-hydrogen) atoms. The zero-order valence-corrected chi connectivity index (χ0v) is 10.1. The molecule has 0 aliphatic rings. The lowest BCUT2D eigenvalue weighted by molar-refractivity contribution is -0.141. The maximum atomic E-state index is 11.6. The summed E-state index contributed by atoms with van der Waals surface area (Å²) in [5.74, 6) is -1.30. The minimum atomic E-state index is -1.04. The standard InChI is InChI=1S/C14H17NO3/c1-2-6-12(14(17)18)15-13(16)10-9-11-7-4-3-5-8-11/h2-5,7-8,12H,1,6,9-10H2,(H,15,16)(H,17,18). The zero-order chi connectivity index (χ0) is 13.4. The number of carboxylic acid groups (broad SMARTS) is 1. The molecule has 0 fully saturated rings. The van der Waals surface area contributed by atoms with Crippen LogP contribution in [-0.2, 0) is 16.0 Å². The van der Waals surface area contributed by atoms with Crippen LogP contribution in [0.1, 0.15) is 18.4 Å². The number of carbonyl (C=O) groups excluding carboxylic acids is 1. The monoisotopic (exact) mass is 247 g/mol. The number of aryl methyl sites for hydroxylation is 1. The van der Waals surface area contributed by atoms with Gasteiger partial charge in [-0.15, -0.1) is 6.58 Å². The molecule has 0 aliphatic heterocycles. The van der Waals surface area contributed by atoms with E-state index < -0.39 is 12.0 Å². The van der Waals surface area contributed by atoms with Crippen LogP contribution in [0.3, 0.4) is 0 Å². The smallest absolute Gasteiger partial charge is 0.326 e. The van der Waals surface area contributed by atoms with Crippen LogP contribution >= 0.6 is 0 Å². The Morgan fingerprint density at radius 3 is 2.56 bits per heavy atom. The number of carboxylic acids is 1. The van der Waals surface area contributed by atoms with Crippen LogP contribution in [0.5, 0.6) is 0 Å². The SMILES string of the molecule is C=CCC(NC(=O)CCc1ccccc1)C(=O)O. The van der Waals surface area contributed by atoms with Crippen LogP contribution < -0.4 is 5.32 Å². The molecule has 0 aliphatic carbocycles. The highest BCUT2D eigenvalue weighted by molar-refractivity contribution is 5.83. The summed E-state index contributed by atoms with van der Waals surface area (Å²) in [7, 11) is 0. The van der Waals surface area contributed by atoms with Crippen molar-refractivity contribution in [2.75, 3.05) is 0 Å². The Kier molecular flexibility index (Phi) is 5.64. The molecule has 0 bridgehead atoms. The van der Waals surface area contributed by atoms with E-state index in [9.17, 15) is 9.59 Å². The van der Waals surface area contributed by atoms with Crippen molar-refractivity contribution in [3.8, 4) is 0 Å². The Balaban J connectivity index is 2.41. The third kappa shape index (κ3) is 4.82. The fraction of sp³-hybridized carbons (Fsp3) is 0.286. The zero-order valence-electron chi connectivity index (χ0n) is 10.1. The quantitative estimate of drug-likeness (QED) is 0.721. The van der Waals surface area contributed by atoms with Crippen molar-refractivity contribution in [3.05, 3.63) is 48.6 Å². The molecule has 2 N–H and O–H groups in total. The molecule has 0 aromatic heterocycles. The van der Waals surface area contributed by atoms with Gasteiger partial charge in [-0.2, -0.15) is 0 Å². The Hall–Kier alpha value is -2.10. The van der Waals surface area contributed by atoms with Gasteiger partial charge in [0.05, 0.1) is 0 Å². The van der Waals surface area contributed by atoms with Crippen molar-refractivity contribution in [1.29, 1.82) is 0 Å². The number of benzene rings is 1. The lowest BCUT2D eigenvalue weighted by Crippen LogP contribution is -2.40. The summed E-state index contributed by atoms with van der Waals surface area (Å²) in [5, 5.41) is 11.4. The van der Waals surface area contributed by atoms with Gasteiger partial charge >= 0.3 is 5.97 Å². The molecular formula is C14H17NO3. The molecule has 1 aromatic rings. The number of rotatable bonds is 7. The Morgan fingerprint density at radius 2 is 2.00 bits per heavy atom. The van der Waals surface area contributed by atoms with Crippen LogP contribution in [0, 0.1) is 0 Å². The lowest BCUT2D eigenvalue weighted by Gasteiger charge is -2.12. The van der Waals surface area contributed by atoms with Crippen LogP contribution in [0.25, 0.3) is 0 Å². The largest absolute Gasteiger partial charge is 0.480 e. The normalized spacial score (nSPS) is 11.6. The van der Waals surface area contributed by atoms with Gasteiger partial charge in [0, 0.05) is 6.42 Å². The van der Waals surface area contributed by atoms with Crippen molar-refractivity contribution >= 4 is 11.9 Å². The van der Waals surface area contributed by atoms with Crippen molar-refractivity contribution in [1.82, 2.24) is 5.32 Å². The van der Waals surface area contributed by atoms with E-state index in [4.69, 9.17) is 5.11 Å². The van der Waals surface area contributed by atoms with Crippen molar-refractivity contribution < 1.29 is 14.7 Å². The van der Waals surface area contributed by atoms with Crippen molar-refractivity contribution in [2.45, 2.75) is 25.3 Å². The van der Waals surface area contributed by atoms with Gasteiger partial charge in [0.25, 0.3) is 0 Å². The third-order valence-electron chi connectivity index (χ3n) is 2.52. The fourth-order valence-corrected chi connectivity index (χ4v) is 1.56. The average Bonchev–Trinajstić information content (AvgIpc) is 2.37. The summed E-state index contributed by atoms with van der Waals surface area (Å²) in [6.07, 6.45) is 2.60. The molecule has 0 heterocycles. The molecule has 0 radical (unpaired) electrons. The highest BCUT2D eigenvalue weighted by Crippen LogP contribution is 2.03. The predicted molar refractivity (Wildman–Crippen MR) is 69.1 cm³/mol. The summed E-state index contributed by atoms with van der Waals surface area (Å²) >= 11 is 0. The average molecular weight is 247 g/mol. The first-order valence-corrected chi connectivity index (χ1v) is 5.80. The Labute approximate surface area is 106 Å². The third-order valence-corrected chi connectivity index (χ3v) is 2.52. The van der Waals surface area contributed by atoms with E-state index in [1.54, 1.807) is 0 Å². The molecule has 0 spiro atoms. The van der Waals surface area contributed by atoms with Gasteiger partial charge in [0.15, 0.2) is 0 Å². The van der Waals surface area contributed by atoms with E-state index in [-0.39, 0.29) is 18.7 Å². The molecule has 1 atom stereocenters. The maximum absolute atomic E-state index is 11.6. The second kappa shape index (κ2) is 7.27. The minimum absolute atomic E-state index is 0.229. The molecule has 4 heteroatoms. The number of carbonyl (C=O) groups is 2. The van der Waals surface area contributed by atoms with Crippen LogP contribution in [0.4, 0.5) is 0 Å². The minimum Gasteiger partial charge on any atom is -0.480 e. The van der Waals surface area contributed by atoms with Gasteiger partial charge in [-0.05, 0) is 18.4 Å². The van der Waals surface area contributed by atoms with E-state index in [2.05, 4.69) is 11.9 Å². The number of amides is 1. The number of hydrogen-bond acceptors (Lipinski definition) is 2.